The zero-order valence-electron chi connectivity index (χ0n) is 14.5. The molecule has 0 spiro atoms. The summed E-state index contributed by atoms with van der Waals surface area (Å²) in [6.45, 7) is 5.29. The molecule has 4 heteroatoms. The maximum Gasteiger partial charge on any atom is 0.407 e. The van der Waals surface area contributed by atoms with E-state index >= 15 is 0 Å². The Morgan fingerprint density at radius 1 is 1.04 bits per heavy atom. The van der Waals surface area contributed by atoms with Crippen molar-refractivity contribution >= 4 is 6.09 Å². The summed E-state index contributed by atoms with van der Waals surface area (Å²) in [6.07, 6.45) is 0.0348. The van der Waals surface area contributed by atoms with E-state index in [1.807, 2.05) is 63.2 Å². The number of nitrogens with one attached hydrogen (secondary N) is 1. The summed E-state index contributed by atoms with van der Waals surface area (Å²) in [5.74, 6) is 0. The Bertz CT molecular complexity index is 645. The standard InChI is InChI=1S/C20H25NO3/c1-20(2,3)24-19(23)21-18(14-22)13-15-9-11-17(12-10-15)16-7-5-4-6-8-16/h4-12,18,22H,13-14H2,1-3H3,(H,21,23). The summed E-state index contributed by atoms with van der Waals surface area (Å²) in [7, 11) is 0. The fraction of sp³-hybridized carbons (Fsp3) is 0.350. The summed E-state index contributed by atoms with van der Waals surface area (Å²) in [4.78, 5) is 11.8. The fourth-order valence-corrected chi connectivity index (χ4v) is 2.38. The average Bonchev–Trinajstić information content (AvgIpc) is 2.54. The largest absolute Gasteiger partial charge is 0.444 e. The third-order valence-corrected chi connectivity index (χ3v) is 3.48. The zero-order chi connectivity index (χ0) is 17.6. The van der Waals surface area contributed by atoms with Crippen molar-refractivity contribution in [2.24, 2.45) is 0 Å². The van der Waals surface area contributed by atoms with Crippen molar-refractivity contribution in [1.82, 2.24) is 5.32 Å². The van der Waals surface area contributed by atoms with Gasteiger partial charge >= 0.3 is 6.09 Å². The van der Waals surface area contributed by atoms with Crippen molar-refractivity contribution < 1.29 is 14.6 Å². The van der Waals surface area contributed by atoms with Gasteiger partial charge in [0.1, 0.15) is 5.60 Å². The van der Waals surface area contributed by atoms with Gasteiger partial charge in [-0.25, -0.2) is 4.79 Å². The number of rotatable bonds is 5. The van der Waals surface area contributed by atoms with Crippen LogP contribution >= 0.6 is 0 Å². The summed E-state index contributed by atoms with van der Waals surface area (Å²) >= 11 is 0. The first-order chi connectivity index (χ1) is 11.4. The molecular formula is C20H25NO3. The minimum Gasteiger partial charge on any atom is -0.444 e. The molecule has 4 nitrogen and oxygen atoms in total. The fourth-order valence-electron chi connectivity index (χ4n) is 2.38. The van der Waals surface area contributed by atoms with Crippen LogP contribution in [0.2, 0.25) is 0 Å². The lowest BCUT2D eigenvalue weighted by atomic mass is 10.0. The Balaban J connectivity index is 1.97. The summed E-state index contributed by atoms with van der Waals surface area (Å²) in [6, 6.07) is 17.9. The molecule has 24 heavy (non-hydrogen) atoms. The highest BCUT2D eigenvalue weighted by Crippen LogP contribution is 2.19. The van der Waals surface area contributed by atoms with Crippen molar-refractivity contribution in [2.45, 2.75) is 38.8 Å². The Labute approximate surface area is 143 Å². The number of carbonyl (C=O) groups is 1. The van der Waals surface area contributed by atoms with Crippen molar-refractivity contribution in [2.75, 3.05) is 6.61 Å². The number of hydrogen-bond donors (Lipinski definition) is 2. The molecule has 1 unspecified atom stereocenters. The smallest absolute Gasteiger partial charge is 0.407 e. The topological polar surface area (TPSA) is 58.6 Å². The lowest BCUT2D eigenvalue weighted by molar-refractivity contribution is 0.0483. The van der Waals surface area contributed by atoms with E-state index in [0.29, 0.717) is 6.42 Å². The molecule has 0 heterocycles. The Hall–Kier alpha value is -2.33. The van der Waals surface area contributed by atoms with Gasteiger partial charge in [-0.1, -0.05) is 54.6 Å². The molecule has 1 atom stereocenters. The van der Waals surface area contributed by atoms with Gasteiger partial charge in [0, 0.05) is 0 Å². The SMILES string of the molecule is CC(C)(C)OC(=O)NC(CO)Cc1ccc(-c2ccccc2)cc1. The van der Waals surface area contributed by atoms with E-state index in [1.165, 1.54) is 0 Å². The molecular weight excluding hydrogens is 302 g/mol. The van der Waals surface area contributed by atoms with Crippen LogP contribution < -0.4 is 5.32 Å². The molecule has 2 N–H and O–H groups in total. The van der Waals surface area contributed by atoms with Crippen LogP contribution in [0.15, 0.2) is 54.6 Å². The second-order valence-electron chi connectivity index (χ2n) is 6.79. The molecule has 0 aliphatic rings. The van der Waals surface area contributed by atoms with Gasteiger partial charge in [0.15, 0.2) is 0 Å². The first-order valence-electron chi connectivity index (χ1n) is 8.12. The molecule has 2 aromatic carbocycles. The molecule has 1 amide bonds. The molecule has 2 rings (SSSR count). The van der Waals surface area contributed by atoms with Gasteiger partial charge in [0.2, 0.25) is 0 Å². The van der Waals surface area contributed by atoms with Gasteiger partial charge in [0.25, 0.3) is 0 Å². The molecule has 0 aliphatic carbocycles. The van der Waals surface area contributed by atoms with Gasteiger partial charge in [-0.15, -0.1) is 0 Å². The molecule has 0 bridgehead atoms. The van der Waals surface area contributed by atoms with Crippen molar-refractivity contribution in [1.29, 1.82) is 0 Å². The first kappa shape index (κ1) is 18.0. The molecule has 2 aromatic rings. The van der Waals surface area contributed by atoms with Crippen LogP contribution in [-0.4, -0.2) is 29.4 Å². The van der Waals surface area contributed by atoms with E-state index in [1.54, 1.807) is 0 Å². The third kappa shape index (κ3) is 5.70. The van der Waals surface area contributed by atoms with Crippen LogP contribution in [0.25, 0.3) is 11.1 Å². The number of aliphatic hydroxyl groups is 1. The number of carbonyl (C=O) groups excluding carboxylic acids is 1. The normalized spacial score (nSPS) is 12.5. The second-order valence-corrected chi connectivity index (χ2v) is 6.79. The van der Waals surface area contributed by atoms with Crippen molar-refractivity contribution in [3.05, 3.63) is 60.2 Å². The number of aliphatic hydroxyl groups excluding tert-OH is 1. The highest BCUT2D eigenvalue weighted by molar-refractivity contribution is 5.68. The van der Waals surface area contributed by atoms with Crippen LogP contribution in [0.4, 0.5) is 4.79 Å². The van der Waals surface area contributed by atoms with Gasteiger partial charge in [-0.3, -0.25) is 0 Å². The minimum atomic E-state index is -0.554. The van der Waals surface area contributed by atoms with E-state index in [4.69, 9.17) is 4.74 Å². The molecule has 0 saturated carbocycles. The number of hydrogen-bond acceptors (Lipinski definition) is 3. The second kappa shape index (κ2) is 7.97. The Morgan fingerprint density at radius 2 is 1.62 bits per heavy atom. The Kier molecular flexibility index (Phi) is 5.99. The van der Waals surface area contributed by atoms with Crippen LogP contribution in [0, 0.1) is 0 Å². The summed E-state index contributed by atoms with van der Waals surface area (Å²) in [5, 5.41) is 12.2. The predicted molar refractivity (Wildman–Crippen MR) is 95.8 cm³/mol. The Morgan fingerprint density at radius 3 is 2.17 bits per heavy atom. The third-order valence-electron chi connectivity index (χ3n) is 3.48. The van der Waals surface area contributed by atoms with E-state index in [9.17, 15) is 9.90 Å². The summed E-state index contributed by atoms with van der Waals surface area (Å²) < 4.78 is 5.22. The van der Waals surface area contributed by atoms with Crippen LogP contribution in [0.5, 0.6) is 0 Å². The van der Waals surface area contributed by atoms with Crippen molar-refractivity contribution in [3.63, 3.8) is 0 Å². The van der Waals surface area contributed by atoms with Crippen LogP contribution in [-0.2, 0) is 11.2 Å². The zero-order valence-corrected chi connectivity index (χ0v) is 14.5. The molecule has 128 valence electrons. The van der Waals surface area contributed by atoms with E-state index < -0.39 is 11.7 Å². The van der Waals surface area contributed by atoms with Gasteiger partial charge in [-0.05, 0) is 43.9 Å². The van der Waals surface area contributed by atoms with E-state index in [0.717, 1.165) is 16.7 Å². The number of alkyl carbamates (subject to hydrolysis) is 1. The van der Waals surface area contributed by atoms with Gasteiger partial charge in [0.05, 0.1) is 12.6 Å². The van der Waals surface area contributed by atoms with Gasteiger partial charge in [-0.2, -0.15) is 0 Å². The lowest BCUT2D eigenvalue weighted by Gasteiger charge is -2.22. The number of amides is 1. The van der Waals surface area contributed by atoms with Gasteiger partial charge < -0.3 is 15.2 Å². The maximum absolute atomic E-state index is 11.8. The van der Waals surface area contributed by atoms with E-state index in [2.05, 4.69) is 17.4 Å². The molecule has 0 saturated heterocycles. The maximum atomic E-state index is 11.8. The van der Waals surface area contributed by atoms with Crippen LogP contribution in [0.3, 0.4) is 0 Å². The molecule has 0 fully saturated rings. The molecule has 0 aliphatic heterocycles. The first-order valence-corrected chi connectivity index (χ1v) is 8.12. The highest BCUT2D eigenvalue weighted by atomic mass is 16.6. The number of benzene rings is 2. The molecule has 0 aromatic heterocycles. The average molecular weight is 327 g/mol. The van der Waals surface area contributed by atoms with E-state index in [-0.39, 0.29) is 12.6 Å². The summed E-state index contributed by atoms with van der Waals surface area (Å²) in [5.41, 5.74) is 2.79. The molecule has 0 radical (unpaired) electrons. The minimum absolute atomic E-state index is 0.139. The predicted octanol–water partition coefficient (Wildman–Crippen LogP) is 3.78. The quantitative estimate of drug-likeness (QED) is 0.878. The van der Waals surface area contributed by atoms with Crippen molar-refractivity contribution in [3.8, 4) is 11.1 Å². The van der Waals surface area contributed by atoms with Crippen LogP contribution in [0.1, 0.15) is 26.3 Å². The number of ether oxygens (including phenoxy) is 1. The highest BCUT2D eigenvalue weighted by Gasteiger charge is 2.19. The monoisotopic (exact) mass is 327 g/mol. The lowest BCUT2D eigenvalue weighted by Crippen LogP contribution is -2.42.